The molecule has 5 heteroatoms. The van der Waals surface area contributed by atoms with Crippen molar-refractivity contribution in [1.29, 1.82) is 0 Å². The van der Waals surface area contributed by atoms with Crippen molar-refractivity contribution in [3.05, 3.63) is 29.8 Å². The van der Waals surface area contributed by atoms with Gasteiger partial charge in [0.2, 0.25) is 5.91 Å². The minimum absolute atomic E-state index is 0.00101. The van der Waals surface area contributed by atoms with E-state index in [0.717, 1.165) is 50.7 Å². The number of benzene rings is 1. The number of unbranched alkanes of at least 4 members (excludes halogenated alkanes) is 1. The van der Waals surface area contributed by atoms with Crippen molar-refractivity contribution in [2.24, 2.45) is 0 Å². The van der Waals surface area contributed by atoms with E-state index in [0.29, 0.717) is 0 Å². The number of nitrogens with one attached hydrogen (secondary N) is 1. The lowest BCUT2D eigenvalue weighted by Gasteiger charge is -2.34. The van der Waals surface area contributed by atoms with Gasteiger partial charge in [-0.25, -0.2) is 0 Å². The van der Waals surface area contributed by atoms with Gasteiger partial charge in [0.1, 0.15) is 0 Å². The van der Waals surface area contributed by atoms with Gasteiger partial charge in [0, 0.05) is 38.4 Å². The summed E-state index contributed by atoms with van der Waals surface area (Å²) < 4.78 is 0. The molecular weight excluding hydrogens is 330 g/mol. The zero-order valence-corrected chi connectivity index (χ0v) is 16.8. The maximum atomic E-state index is 12.2. The third-order valence-corrected chi connectivity index (χ3v) is 6.01. The molecule has 0 aromatic heterocycles. The predicted molar refractivity (Wildman–Crippen MR) is 109 cm³/mol. The van der Waals surface area contributed by atoms with Gasteiger partial charge in [-0.2, -0.15) is 0 Å². The molecule has 140 valence electrons. The maximum absolute atomic E-state index is 12.2. The van der Waals surface area contributed by atoms with Crippen molar-refractivity contribution in [3.63, 3.8) is 0 Å². The van der Waals surface area contributed by atoms with E-state index in [2.05, 4.69) is 41.1 Å². The summed E-state index contributed by atoms with van der Waals surface area (Å²) in [7, 11) is 0. The Morgan fingerprint density at radius 2 is 1.76 bits per heavy atom. The van der Waals surface area contributed by atoms with Crippen LogP contribution in [0.3, 0.4) is 0 Å². The molecular formula is C20H33N3OS. The number of hydrogen-bond donors (Lipinski definition) is 1. The summed E-state index contributed by atoms with van der Waals surface area (Å²) in [4.78, 5) is 17.2. The molecule has 4 nitrogen and oxygen atoms in total. The Morgan fingerprint density at radius 3 is 2.36 bits per heavy atom. The fourth-order valence-corrected chi connectivity index (χ4v) is 3.96. The standard InChI is InChI=1S/C20H33N3OS/c1-4-6-15-25-17(3)20(24)21-19-9-7-18(8-10-19)16-23-13-11-22(5-2)12-14-23/h7-10,17H,4-6,11-16H2,1-3H3,(H,21,24). The van der Waals surface area contributed by atoms with Gasteiger partial charge >= 0.3 is 0 Å². The molecule has 2 rings (SSSR count). The Labute approximate surface area is 157 Å². The van der Waals surface area contributed by atoms with Crippen molar-refractivity contribution >= 4 is 23.4 Å². The van der Waals surface area contributed by atoms with E-state index in [4.69, 9.17) is 0 Å². The zero-order valence-electron chi connectivity index (χ0n) is 16.0. The number of thioether (sulfide) groups is 1. The second kappa shape index (κ2) is 10.8. The Bertz CT molecular complexity index is 512. The summed E-state index contributed by atoms with van der Waals surface area (Å²) in [5.41, 5.74) is 2.21. The number of likely N-dealkylation sites (N-methyl/N-ethyl adjacent to an activating group) is 1. The molecule has 1 aliphatic rings. The molecule has 0 bridgehead atoms. The number of nitrogens with zero attached hydrogens (tertiary/aromatic N) is 2. The predicted octanol–water partition coefficient (Wildman–Crippen LogP) is 3.68. The zero-order chi connectivity index (χ0) is 18.1. The van der Waals surface area contributed by atoms with Crippen LogP contribution in [0.5, 0.6) is 0 Å². The highest BCUT2D eigenvalue weighted by molar-refractivity contribution is 8.00. The number of carbonyl (C=O) groups excluding carboxylic acids is 1. The quantitative estimate of drug-likeness (QED) is 0.679. The Morgan fingerprint density at radius 1 is 1.12 bits per heavy atom. The van der Waals surface area contributed by atoms with Crippen molar-refractivity contribution < 1.29 is 4.79 Å². The van der Waals surface area contributed by atoms with Crippen LogP contribution in [-0.4, -0.2) is 59.4 Å². The van der Waals surface area contributed by atoms with E-state index in [1.54, 1.807) is 11.8 Å². The molecule has 1 aliphatic heterocycles. The topological polar surface area (TPSA) is 35.6 Å². The second-order valence-electron chi connectivity index (χ2n) is 6.76. The molecule has 0 saturated carbocycles. The van der Waals surface area contributed by atoms with Gasteiger partial charge in [-0.15, -0.1) is 11.8 Å². The van der Waals surface area contributed by atoms with Crippen molar-refractivity contribution in [2.45, 2.75) is 45.4 Å². The minimum Gasteiger partial charge on any atom is -0.325 e. The number of anilines is 1. The smallest absolute Gasteiger partial charge is 0.237 e. The minimum atomic E-state index is 0.00101. The average Bonchev–Trinajstić information content (AvgIpc) is 2.64. The maximum Gasteiger partial charge on any atom is 0.237 e. The van der Waals surface area contributed by atoms with Crippen LogP contribution >= 0.6 is 11.8 Å². The SMILES string of the molecule is CCCCSC(C)C(=O)Nc1ccc(CN2CCN(CC)CC2)cc1. The molecule has 1 heterocycles. The average molecular weight is 364 g/mol. The van der Waals surface area contributed by atoms with Crippen LogP contribution < -0.4 is 5.32 Å². The molecule has 0 spiro atoms. The second-order valence-corrected chi connectivity index (χ2v) is 8.21. The first-order valence-electron chi connectivity index (χ1n) is 9.58. The Kier molecular flexibility index (Phi) is 8.79. The highest BCUT2D eigenvalue weighted by Crippen LogP contribution is 2.17. The summed E-state index contributed by atoms with van der Waals surface area (Å²) in [6.07, 6.45) is 2.35. The first-order valence-corrected chi connectivity index (χ1v) is 10.6. The van der Waals surface area contributed by atoms with Gasteiger partial charge < -0.3 is 10.2 Å². The van der Waals surface area contributed by atoms with Gasteiger partial charge in [0.25, 0.3) is 0 Å². The monoisotopic (exact) mass is 363 g/mol. The Balaban J connectivity index is 1.76. The molecule has 25 heavy (non-hydrogen) atoms. The van der Waals surface area contributed by atoms with Crippen LogP contribution in [0, 0.1) is 0 Å². The number of rotatable bonds is 9. The van der Waals surface area contributed by atoms with Gasteiger partial charge in [-0.1, -0.05) is 32.4 Å². The lowest BCUT2D eigenvalue weighted by atomic mass is 10.1. The van der Waals surface area contributed by atoms with Gasteiger partial charge in [0.15, 0.2) is 0 Å². The van der Waals surface area contributed by atoms with Crippen LogP contribution in [0.2, 0.25) is 0 Å². The Hall–Kier alpha value is -1.04. The lowest BCUT2D eigenvalue weighted by Crippen LogP contribution is -2.45. The van der Waals surface area contributed by atoms with E-state index in [9.17, 15) is 4.79 Å². The highest BCUT2D eigenvalue weighted by Gasteiger charge is 2.16. The van der Waals surface area contributed by atoms with Crippen LogP contribution in [-0.2, 0) is 11.3 Å². The molecule has 1 aromatic carbocycles. The van der Waals surface area contributed by atoms with Gasteiger partial charge in [-0.05, 0) is 43.3 Å². The fourth-order valence-electron chi connectivity index (χ4n) is 2.94. The summed E-state index contributed by atoms with van der Waals surface area (Å²) >= 11 is 1.73. The van der Waals surface area contributed by atoms with E-state index in [1.807, 2.05) is 19.1 Å². The third-order valence-electron chi connectivity index (χ3n) is 4.77. The van der Waals surface area contributed by atoms with E-state index < -0.39 is 0 Å². The van der Waals surface area contributed by atoms with Crippen LogP contribution in [0.1, 0.15) is 39.2 Å². The van der Waals surface area contributed by atoms with Gasteiger partial charge in [-0.3, -0.25) is 9.69 Å². The number of amides is 1. The summed E-state index contributed by atoms with van der Waals surface area (Å²) in [5, 5.41) is 3.03. The molecule has 0 radical (unpaired) electrons. The van der Waals surface area contributed by atoms with Crippen molar-refractivity contribution in [1.82, 2.24) is 9.80 Å². The summed E-state index contributed by atoms with van der Waals surface area (Å²) in [6.45, 7) is 13.1. The van der Waals surface area contributed by atoms with Crippen LogP contribution in [0.15, 0.2) is 24.3 Å². The molecule has 1 aromatic rings. The van der Waals surface area contributed by atoms with Crippen molar-refractivity contribution in [2.75, 3.05) is 43.8 Å². The van der Waals surface area contributed by atoms with Crippen molar-refractivity contribution in [3.8, 4) is 0 Å². The molecule has 1 amide bonds. The normalized spacial score (nSPS) is 17.4. The van der Waals surface area contributed by atoms with E-state index in [1.165, 1.54) is 18.4 Å². The van der Waals surface area contributed by atoms with Gasteiger partial charge in [0.05, 0.1) is 5.25 Å². The molecule has 1 atom stereocenters. The molecule has 0 aliphatic carbocycles. The first-order chi connectivity index (χ1) is 12.1. The highest BCUT2D eigenvalue weighted by atomic mass is 32.2. The molecule has 1 N–H and O–H groups in total. The molecule has 1 fully saturated rings. The van der Waals surface area contributed by atoms with Crippen LogP contribution in [0.25, 0.3) is 0 Å². The number of carbonyl (C=O) groups is 1. The lowest BCUT2D eigenvalue weighted by molar-refractivity contribution is -0.115. The third kappa shape index (κ3) is 7.00. The molecule has 1 unspecified atom stereocenters. The van der Waals surface area contributed by atoms with Crippen LogP contribution in [0.4, 0.5) is 5.69 Å². The largest absolute Gasteiger partial charge is 0.325 e. The number of piperazine rings is 1. The van der Waals surface area contributed by atoms with E-state index in [-0.39, 0.29) is 11.2 Å². The first kappa shape index (κ1) is 20.3. The summed E-state index contributed by atoms with van der Waals surface area (Å²) in [6, 6.07) is 8.32. The molecule has 1 saturated heterocycles. The fraction of sp³-hybridized carbons (Fsp3) is 0.650. The van der Waals surface area contributed by atoms with E-state index >= 15 is 0 Å². The summed E-state index contributed by atoms with van der Waals surface area (Å²) in [5.74, 6) is 1.15. The number of hydrogen-bond acceptors (Lipinski definition) is 4.